The number of ether oxygens (including phenoxy) is 1. The molecule has 0 heterocycles. The van der Waals surface area contributed by atoms with Gasteiger partial charge in [0.2, 0.25) is 0 Å². The molecule has 1 amide bonds. The van der Waals surface area contributed by atoms with Gasteiger partial charge in [-0.15, -0.1) is 0 Å². The van der Waals surface area contributed by atoms with Crippen molar-refractivity contribution in [2.75, 3.05) is 6.54 Å². The van der Waals surface area contributed by atoms with Crippen molar-refractivity contribution in [2.45, 2.75) is 13.0 Å². The summed E-state index contributed by atoms with van der Waals surface area (Å²) in [5.74, 6) is 5.66. The first-order valence-corrected chi connectivity index (χ1v) is 7.81. The maximum atomic E-state index is 11.5. The normalized spacial score (nSPS) is 9.64. The second kappa shape index (κ2) is 9.30. The van der Waals surface area contributed by atoms with Gasteiger partial charge in [0.1, 0.15) is 6.61 Å². The largest absolute Gasteiger partial charge is 0.445 e. The fourth-order valence-corrected chi connectivity index (χ4v) is 2.10. The van der Waals surface area contributed by atoms with Gasteiger partial charge in [0.05, 0.1) is 9.95 Å². The summed E-state index contributed by atoms with van der Waals surface area (Å²) in [5.41, 5.74) is 1.32. The van der Waals surface area contributed by atoms with E-state index in [1.807, 2.05) is 30.3 Å². The molecule has 6 nitrogen and oxygen atoms in total. The Labute approximate surface area is 149 Å². The number of carbonyl (C=O) groups excluding carboxylic acids is 1. The van der Waals surface area contributed by atoms with E-state index in [1.54, 1.807) is 0 Å². The Bertz CT molecular complexity index is 813. The van der Waals surface area contributed by atoms with Gasteiger partial charge in [-0.3, -0.25) is 10.1 Å². The van der Waals surface area contributed by atoms with Crippen LogP contribution in [0.5, 0.6) is 0 Å². The van der Waals surface area contributed by atoms with E-state index in [1.165, 1.54) is 18.2 Å². The highest BCUT2D eigenvalue weighted by Crippen LogP contribution is 2.21. The Morgan fingerprint density at radius 2 is 2.00 bits per heavy atom. The Balaban J connectivity index is 1.73. The van der Waals surface area contributed by atoms with Crippen LogP contribution in [-0.2, 0) is 11.3 Å². The van der Waals surface area contributed by atoms with Crippen molar-refractivity contribution in [3.05, 3.63) is 74.8 Å². The predicted octanol–water partition coefficient (Wildman–Crippen LogP) is 3.92. The minimum atomic E-state index is -0.520. The predicted molar refractivity (Wildman–Crippen MR) is 94.2 cm³/mol. The van der Waals surface area contributed by atoms with Crippen molar-refractivity contribution in [2.24, 2.45) is 0 Å². The van der Waals surface area contributed by atoms with Crippen molar-refractivity contribution in [1.82, 2.24) is 5.32 Å². The van der Waals surface area contributed by atoms with Gasteiger partial charge in [-0.25, -0.2) is 4.79 Å². The van der Waals surface area contributed by atoms with Crippen LogP contribution in [0, 0.1) is 22.0 Å². The maximum Gasteiger partial charge on any atom is 0.407 e. The molecule has 0 fully saturated rings. The molecule has 2 aromatic rings. The molecule has 7 heteroatoms. The third kappa shape index (κ3) is 6.16. The average molecular weight is 359 g/mol. The maximum absolute atomic E-state index is 11.5. The summed E-state index contributed by atoms with van der Waals surface area (Å²) in [6, 6.07) is 13.5. The zero-order valence-electron chi connectivity index (χ0n) is 13.2. The fourth-order valence-electron chi connectivity index (χ4n) is 1.88. The topological polar surface area (TPSA) is 81.5 Å². The molecule has 0 saturated carbocycles. The number of amides is 1. The van der Waals surface area contributed by atoms with Gasteiger partial charge in [0.25, 0.3) is 5.69 Å². The molecule has 1 N–H and O–H groups in total. The van der Waals surface area contributed by atoms with Crippen molar-refractivity contribution >= 4 is 23.4 Å². The number of nitrogens with zero attached hydrogens (tertiary/aromatic N) is 1. The molecular weight excluding hydrogens is 344 g/mol. The number of hydrogen-bond donors (Lipinski definition) is 1. The van der Waals surface area contributed by atoms with E-state index in [9.17, 15) is 14.9 Å². The average Bonchev–Trinajstić information content (AvgIpc) is 2.61. The SMILES string of the molecule is O=C(NCCC#Cc1ccc([N+](=O)[O-])cc1Cl)OCc1ccccc1. The van der Waals surface area contributed by atoms with Crippen molar-refractivity contribution in [3.8, 4) is 11.8 Å². The number of nitro groups is 1. The molecule has 0 aliphatic rings. The van der Waals surface area contributed by atoms with Gasteiger partial charge >= 0.3 is 6.09 Å². The number of nitrogens with one attached hydrogen (secondary N) is 1. The molecule has 25 heavy (non-hydrogen) atoms. The summed E-state index contributed by atoms with van der Waals surface area (Å²) >= 11 is 5.94. The number of alkyl carbamates (subject to hydrolysis) is 1. The van der Waals surface area contributed by atoms with Gasteiger partial charge in [-0.1, -0.05) is 53.8 Å². The highest BCUT2D eigenvalue weighted by Gasteiger charge is 2.07. The minimum Gasteiger partial charge on any atom is -0.445 e. The van der Waals surface area contributed by atoms with Crippen LogP contribution in [0.15, 0.2) is 48.5 Å². The lowest BCUT2D eigenvalue weighted by Crippen LogP contribution is -2.24. The molecule has 0 aromatic heterocycles. The van der Waals surface area contributed by atoms with Crippen LogP contribution >= 0.6 is 11.6 Å². The highest BCUT2D eigenvalue weighted by atomic mass is 35.5. The molecule has 2 aromatic carbocycles. The third-order valence-electron chi connectivity index (χ3n) is 3.12. The lowest BCUT2D eigenvalue weighted by molar-refractivity contribution is -0.384. The van der Waals surface area contributed by atoms with E-state index in [2.05, 4.69) is 17.2 Å². The summed E-state index contributed by atoms with van der Waals surface area (Å²) in [6.07, 6.45) is -0.118. The van der Waals surface area contributed by atoms with E-state index < -0.39 is 11.0 Å². The van der Waals surface area contributed by atoms with Gasteiger partial charge in [0.15, 0.2) is 0 Å². The van der Waals surface area contributed by atoms with E-state index in [4.69, 9.17) is 16.3 Å². The standard InChI is InChI=1S/C18H15ClN2O4/c19-17-12-16(21(23)24)10-9-15(17)8-4-5-11-20-18(22)25-13-14-6-2-1-3-7-14/h1-3,6-7,9-10,12H,5,11,13H2,(H,20,22). The molecule has 0 unspecified atom stereocenters. The van der Waals surface area contributed by atoms with Crippen molar-refractivity contribution in [3.63, 3.8) is 0 Å². The van der Waals surface area contributed by atoms with Crippen LogP contribution in [0.4, 0.5) is 10.5 Å². The monoisotopic (exact) mass is 358 g/mol. The molecule has 0 spiro atoms. The molecule has 0 aliphatic carbocycles. The number of carbonyl (C=O) groups is 1. The lowest BCUT2D eigenvalue weighted by Gasteiger charge is -2.05. The van der Waals surface area contributed by atoms with Gasteiger partial charge in [-0.05, 0) is 11.6 Å². The van der Waals surface area contributed by atoms with E-state index in [0.717, 1.165) is 5.56 Å². The molecule has 0 bridgehead atoms. The molecule has 0 aliphatic heterocycles. The van der Waals surface area contributed by atoms with Gasteiger partial charge in [-0.2, -0.15) is 0 Å². The first-order chi connectivity index (χ1) is 12.1. The quantitative estimate of drug-likeness (QED) is 0.380. The highest BCUT2D eigenvalue weighted by molar-refractivity contribution is 6.32. The van der Waals surface area contributed by atoms with Gasteiger partial charge < -0.3 is 10.1 Å². The first kappa shape index (κ1) is 18.3. The second-order valence-electron chi connectivity index (χ2n) is 4.96. The van der Waals surface area contributed by atoms with Crippen LogP contribution in [0.2, 0.25) is 5.02 Å². The second-order valence-corrected chi connectivity index (χ2v) is 5.37. The molecule has 128 valence electrons. The lowest BCUT2D eigenvalue weighted by atomic mass is 10.2. The Morgan fingerprint density at radius 1 is 1.24 bits per heavy atom. The Morgan fingerprint density at radius 3 is 2.68 bits per heavy atom. The fraction of sp³-hybridized carbons (Fsp3) is 0.167. The molecular formula is C18H15ClN2O4. The number of non-ortho nitro benzene ring substituents is 1. The molecule has 2 rings (SSSR count). The summed E-state index contributed by atoms with van der Waals surface area (Å²) < 4.78 is 5.06. The van der Waals surface area contributed by atoms with Crippen LogP contribution in [0.1, 0.15) is 17.5 Å². The number of hydrogen-bond acceptors (Lipinski definition) is 4. The minimum absolute atomic E-state index is 0.0848. The summed E-state index contributed by atoms with van der Waals surface area (Å²) in [7, 11) is 0. The first-order valence-electron chi connectivity index (χ1n) is 7.43. The molecule has 0 atom stereocenters. The van der Waals surface area contributed by atoms with Crippen LogP contribution in [0.25, 0.3) is 0 Å². The smallest absolute Gasteiger partial charge is 0.407 e. The molecule has 0 radical (unpaired) electrons. The molecule has 0 saturated heterocycles. The summed E-state index contributed by atoms with van der Waals surface area (Å²) in [5, 5.41) is 13.4. The number of benzene rings is 2. The van der Waals surface area contributed by atoms with Crippen LogP contribution in [0.3, 0.4) is 0 Å². The van der Waals surface area contributed by atoms with E-state index in [-0.39, 0.29) is 17.3 Å². The summed E-state index contributed by atoms with van der Waals surface area (Å²) in [4.78, 5) is 21.6. The Hall–Kier alpha value is -3.04. The number of halogens is 1. The van der Waals surface area contributed by atoms with Crippen molar-refractivity contribution < 1.29 is 14.5 Å². The number of rotatable bonds is 5. The van der Waals surface area contributed by atoms with E-state index in [0.29, 0.717) is 18.5 Å². The zero-order valence-corrected chi connectivity index (χ0v) is 14.0. The van der Waals surface area contributed by atoms with E-state index >= 15 is 0 Å². The summed E-state index contributed by atoms with van der Waals surface area (Å²) in [6.45, 7) is 0.530. The third-order valence-corrected chi connectivity index (χ3v) is 3.43. The Kier molecular flexibility index (Phi) is 6.81. The van der Waals surface area contributed by atoms with Crippen LogP contribution in [-0.4, -0.2) is 17.6 Å². The van der Waals surface area contributed by atoms with Crippen molar-refractivity contribution in [1.29, 1.82) is 0 Å². The van der Waals surface area contributed by atoms with Gasteiger partial charge in [0, 0.05) is 30.7 Å². The zero-order chi connectivity index (χ0) is 18.1. The van der Waals surface area contributed by atoms with Crippen LogP contribution < -0.4 is 5.32 Å². The number of nitro benzene ring substituents is 1.